The Balaban J connectivity index is 2.79. The van der Waals surface area contributed by atoms with E-state index in [0.717, 1.165) is 31.6 Å². The zero-order chi connectivity index (χ0) is 19.6. The van der Waals surface area contributed by atoms with Gasteiger partial charge in [-0.1, -0.05) is 71.4 Å². The highest BCUT2D eigenvalue weighted by Crippen LogP contribution is 2.39. The van der Waals surface area contributed by atoms with Crippen molar-refractivity contribution in [2.75, 3.05) is 7.11 Å². The average molecular weight is 369 g/mol. The molecule has 1 heterocycles. The lowest BCUT2D eigenvalue weighted by Gasteiger charge is -2.41. The Kier molecular flexibility index (Phi) is 10.5. The van der Waals surface area contributed by atoms with Gasteiger partial charge >= 0.3 is 5.97 Å². The van der Waals surface area contributed by atoms with Gasteiger partial charge in [0, 0.05) is 0 Å². The molecule has 0 radical (unpaired) electrons. The summed E-state index contributed by atoms with van der Waals surface area (Å²) >= 11 is 0. The van der Waals surface area contributed by atoms with E-state index in [0.29, 0.717) is 5.92 Å². The lowest BCUT2D eigenvalue weighted by atomic mass is 9.80. The molecule has 0 bridgehead atoms. The first-order chi connectivity index (χ1) is 12.4. The SMILES string of the molecule is CCCC[C@@H](CC)C/C(C)=C/[C@@]1(CC)C[C@@H](CC)[C@@H](CC(=O)OC)OO1. The zero-order valence-corrected chi connectivity index (χ0v) is 17.8. The largest absolute Gasteiger partial charge is 0.469 e. The first-order valence-electron chi connectivity index (χ1n) is 10.5. The molecule has 0 aromatic heterocycles. The van der Waals surface area contributed by atoms with Crippen LogP contribution in [0.5, 0.6) is 0 Å². The van der Waals surface area contributed by atoms with Crippen molar-refractivity contribution in [1.29, 1.82) is 0 Å². The fraction of sp³-hybridized carbons (Fsp3) is 0.864. The van der Waals surface area contributed by atoms with E-state index in [4.69, 9.17) is 14.5 Å². The van der Waals surface area contributed by atoms with Crippen LogP contribution in [-0.2, 0) is 19.3 Å². The molecule has 0 unspecified atom stereocenters. The molecule has 1 saturated heterocycles. The molecule has 1 aliphatic heterocycles. The van der Waals surface area contributed by atoms with E-state index in [-0.39, 0.29) is 24.1 Å². The fourth-order valence-corrected chi connectivity index (χ4v) is 4.00. The summed E-state index contributed by atoms with van der Waals surface area (Å²) in [6, 6.07) is 0. The summed E-state index contributed by atoms with van der Waals surface area (Å²) in [5.74, 6) is 0.807. The highest BCUT2D eigenvalue weighted by Gasteiger charge is 2.41. The molecule has 0 N–H and O–H groups in total. The van der Waals surface area contributed by atoms with Crippen LogP contribution in [0.1, 0.15) is 92.4 Å². The fourth-order valence-electron chi connectivity index (χ4n) is 4.00. The lowest BCUT2D eigenvalue weighted by Crippen LogP contribution is -2.44. The van der Waals surface area contributed by atoms with E-state index in [1.807, 2.05) is 0 Å². The summed E-state index contributed by atoms with van der Waals surface area (Å²) in [5.41, 5.74) is 1.01. The van der Waals surface area contributed by atoms with Gasteiger partial charge in [-0.2, -0.15) is 0 Å². The number of unbranched alkanes of at least 4 members (excludes halogenated alkanes) is 1. The van der Waals surface area contributed by atoms with Gasteiger partial charge in [-0.3, -0.25) is 4.79 Å². The highest BCUT2D eigenvalue weighted by molar-refractivity contribution is 5.69. The molecule has 0 aliphatic carbocycles. The normalized spacial score (nSPS) is 28.0. The Morgan fingerprint density at radius 2 is 2.04 bits per heavy atom. The van der Waals surface area contributed by atoms with E-state index in [2.05, 4.69) is 40.7 Å². The van der Waals surface area contributed by atoms with Gasteiger partial charge in [0.25, 0.3) is 0 Å². The van der Waals surface area contributed by atoms with Gasteiger partial charge in [-0.15, -0.1) is 0 Å². The monoisotopic (exact) mass is 368 g/mol. The molecule has 0 spiro atoms. The van der Waals surface area contributed by atoms with Crippen LogP contribution in [0.3, 0.4) is 0 Å². The molecule has 4 heteroatoms. The molecule has 0 saturated carbocycles. The summed E-state index contributed by atoms with van der Waals surface area (Å²) in [6.07, 6.45) is 11.3. The standard InChI is InChI=1S/C22H40O4/c1-7-11-12-18(8-2)13-17(5)15-22(10-4)16-19(9-3)20(25-26-22)14-21(23)24-6/h15,18-20H,7-14,16H2,1-6H3/b17-15+/t18-,19-,20-,22+/m1/s1. The van der Waals surface area contributed by atoms with Crippen molar-refractivity contribution in [3.63, 3.8) is 0 Å². The number of hydrogen-bond donors (Lipinski definition) is 0. The summed E-state index contributed by atoms with van der Waals surface area (Å²) in [7, 11) is 1.41. The maximum atomic E-state index is 11.6. The van der Waals surface area contributed by atoms with Crippen LogP contribution in [0.2, 0.25) is 0 Å². The molecular formula is C22H40O4. The lowest BCUT2D eigenvalue weighted by molar-refractivity contribution is -0.409. The summed E-state index contributed by atoms with van der Waals surface area (Å²) in [5, 5.41) is 0. The Bertz CT molecular complexity index is 445. The second kappa shape index (κ2) is 11.8. The summed E-state index contributed by atoms with van der Waals surface area (Å²) in [4.78, 5) is 23.2. The molecular weight excluding hydrogens is 328 g/mol. The topological polar surface area (TPSA) is 44.8 Å². The Morgan fingerprint density at radius 3 is 2.58 bits per heavy atom. The molecule has 152 valence electrons. The number of methoxy groups -OCH3 is 1. The van der Waals surface area contributed by atoms with Gasteiger partial charge in [0.2, 0.25) is 0 Å². The van der Waals surface area contributed by atoms with Crippen molar-refractivity contribution in [3.05, 3.63) is 11.6 Å². The van der Waals surface area contributed by atoms with Crippen molar-refractivity contribution in [3.8, 4) is 0 Å². The van der Waals surface area contributed by atoms with Gasteiger partial charge in [-0.25, -0.2) is 9.78 Å². The second-order valence-corrected chi connectivity index (χ2v) is 7.90. The van der Waals surface area contributed by atoms with E-state index < -0.39 is 0 Å². The number of carbonyl (C=O) groups excluding carboxylic acids is 1. The molecule has 26 heavy (non-hydrogen) atoms. The number of rotatable bonds is 11. The summed E-state index contributed by atoms with van der Waals surface area (Å²) < 4.78 is 4.79. The molecule has 1 aliphatic rings. The maximum Gasteiger partial charge on any atom is 0.308 e. The predicted molar refractivity (Wildman–Crippen MR) is 106 cm³/mol. The predicted octanol–water partition coefficient (Wildman–Crippen LogP) is 6.00. The summed E-state index contributed by atoms with van der Waals surface area (Å²) in [6.45, 7) is 11.1. The molecule has 0 aromatic carbocycles. The van der Waals surface area contributed by atoms with E-state index in [9.17, 15) is 4.79 Å². The van der Waals surface area contributed by atoms with E-state index >= 15 is 0 Å². The quantitative estimate of drug-likeness (QED) is 0.255. The van der Waals surface area contributed by atoms with Crippen molar-refractivity contribution in [1.82, 2.24) is 0 Å². The highest BCUT2D eigenvalue weighted by atomic mass is 17.2. The number of carbonyl (C=O) groups is 1. The van der Waals surface area contributed by atoms with Gasteiger partial charge in [-0.05, 0) is 38.0 Å². The maximum absolute atomic E-state index is 11.6. The van der Waals surface area contributed by atoms with Crippen molar-refractivity contribution in [2.24, 2.45) is 11.8 Å². The van der Waals surface area contributed by atoms with Crippen LogP contribution < -0.4 is 0 Å². The van der Waals surface area contributed by atoms with Crippen LogP contribution in [0, 0.1) is 11.8 Å². The van der Waals surface area contributed by atoms with E-state index in [1.54, 1.807) is 0 Å². The molecule has 4 atom stereocenters. The number of allylic oxidation sites excluding steroid dienone is 1. The van der Waals surface area contributed by atoms with Crippen LogP contribution in [-0.4, -0.2) is 24.8 Å². The average Bonchev–Trinajstić information content (AvgIpc) is 2.66. The Morgan fingerprint density at radius 1 is 1.31 bits per heavy atom. The Labute approximate surface area is 160 Å². The first kappa shape index (κ1) is 23.2. The Hall–Kier alpha value is -0.870. The van der Waals surface area contributed by atoms with Crippen molar-refractivity contribution < 1.29 is 19.3 Å². The molecule has 0 amide bonds. The van der Waals surface area contributed by atoms with Crippen molar-refractivity contribution >= 4 is 5.97 Å². The third kappa shape index (κ3) is 7.03. The molecule has 1 rings (SSSR count). The van der Waals surface area contributed by atoms with Crippen LogP contribution in [0.4, 0.5) is 0 Å². The first-order valence-corrected chi connectivity index (χ1v) is 10.5. The molecule has 4 nitrogen and oxygen atoms in total. The van der Waals surface area contributed by atoms with Crippen LogP contribution >= 0.6 is 0 Å². The molecule has 1 fully saturated rings. The minimum absolute atomic E-state index is 0.214. The third-order valence-corrected chi connectivity index (χ3v) is 5.85. The van der Waals surface area contributed by atoms with Gasteiger partial charge < -0.3 is 4.74 Å². The van der Waals surface area contributed by atoms with Gasteiger partial charge in [0.15, 0.2) is 0 Å². The van der Waals surface area contributed by atoms with Gasteiger partial charge in [0.1, 0.15) is 11.7 Å². The number of hydrogen-bond acceptors (Lipinski definition) is 4. The van der Waals surface area contributed by atoms with Crippen molar-refractivity contribution in [2.45, 2.75) is 104 Å². The zero-order valence-electron chi connectivity index (χ0n) is 17.8. The number of ether oxygens (including phenoxy) is 1. The third-order valence-electron chi connectivity index (χ3n) is 5.85. The van der Waals surface area contributed by atoms with E-state index in [1.165, 1.54) is 38.4 Å². The second-order valence-electron chi connectivity index (χ2n) is 7.90. The minimum atomic E-state index is -0.375. The smallest absolute Gasteiger partial charge is 0.308 e. The number of esters is 1. The minimum Gasteiger partial charge on any atom is -0.469 e. The molecule has 0 aromatic rings. The van der Waals surface area contributed by atoms with Crippen LogP contribution in [0.15, 0.2) is 11.6 Å². The van der Waals surface area contributed by atoms with Crippen LogP contribution in [0.25, 0.3) is 0 Å². The van der Waals surface area contributed by atoms with Gasteiger partial charge in [0.05, 0.1) is 13.5 Å².